The minimum atomic E-state index is -4.74. The van der Waals surface area contributed by atoms with Crippen molar-refractivity contribution in [2.45, 2.75) is 58.5 Å². The summed E-state index contributed by atoms with van der Waals surface area (Å²) in [6.45, 7) is 10.0. The number of hydrogen-bond acceptors (Lipinski definition) is 5. The highest BCUT2D eigenvalue weighted by molar-refractivity contribution is 5.76. The van der Waals surface area contributed by atoms with Crippen LogP contribution < -0.4 is 14.4 Å². The first-order valence-corrected chi connectivity index (χ1v) is 11.7. The number of pyridine rings is 1. The molecule has 2 aromatic carbocycles. The largest absolute Gasteiger partial charge is 0.573 e. The third kappa shape index (κ3) is 7.87. The van der Waals surface area contributed by atoms with Gasteiger partial charge in [0.05, 0.1) is 0 Å². The van der Waals surface area contributed by atoms with Crippen LogP contribution in [0.1, 0.15) is 44.4 Å². The van der Waals surface area contributed by atoms with E-state index in [1.54, 1.807) is 30.5 Å². The van der Waals surface area contributed by atoms with Gasteiger partial charge in [-0.1, -0.05) is 44.2 Å². The number of aryl methyl sites for hydroxylation is 1. The monoisotopic (exact) mass is 516 g/mol. The van der Waals surface area contributed by atoms with Crippen LogP contribution in [0.15, 0.2) is 66.9 Å². The van der Waals surface area contributed by atoms with Gasteiger partial charge >= 0.3 is 12.3 Å². The maximum atomic E-state index is 12.5. The maximum absolute atomic E-state index is 12.5. The first-order valence-electron chi connectivity index (χ1n) is 11.7. The van der Waals surface area contributed by atoms with E-state index in [1.165, 1.54) is 26.0 Å². The van der Waals surface area contributed by atoms with E-state index < -0.39 is 17.9 Å². The van der Waals surface area contributed by atoms with Crippen molar-refractivity contribution < 1.29 is 32.5 Å². The molecule has 0 aliphatic carbocycles. The fourth-order valence-corrected chi connectivity index (χ4v) is 3.76. The zero-order chi connectivity index (χ0) is 27.4. The van der Waals surface area contributed by atoms with Gasteiger partial charge < -0.3 is 19.5 Å². The number of nitrogens with zero attached hydrogens (tertiary/aromatic N) is 2. The van der Waals surface area contributed by atoms with E-state index in [4.69, 9.17) is 4.74 Å². The number of rotatable bonds is 10. The number of alkyl halides is 3. The Morgan fingerprint density at radius 3 is 1.97 bits per heavy atom. The molecule has 0 aliphatic heterocycles. The van der Waals surface area contributed by atoms with E-state index in [-0.39, 0.29) is 11.2 Å². The number of carboxylic acid groups (broad SMARTS) is 1. The van der Waals surface area contributed by atoms with Crippen LogP contribution in [0.25, 0.3) is 0 Å². The Kier molecular flexibility index (Phi) is 8.05. The lowest BCUT2D eigenvalue weighted by Crippen LogP contribution is -2.38. The first-order chi connectivity index (χ1) is 17.1. The molecule has 1 N–H and O–H groups in total. The van der Waals surface area contributed by atoms with E-state index in [0.717, 1.165) is 22.5 Å². The topological polar surface area (TPSA) is 71.9 Å². The number of carbonyl (C=O) groups is 1. The maximum Gasteiger partial charge on any atom is 0.573 e. The van der Waals surface area contributed by atoms with Gasteiger partial charge in [0.25, 0.3) is 0 Å². The van der Waals surface area contributed by atoms with Gasteiger partial charge in [0.15, 0.2) is 5.60 Å². The molecule has 3 rings (SSSR count). The Labute approximate surface area is 214 Å². The molecule has 0 fully saturated rings. The third-order valence-corrected chi connectivity index (χ3v) is 5.86. The standard InChI is InChI=1S/C28H31F3N2O4/c1-19-6-15-24(32-16-19)33(17-20-7-11-23(12-8-20)37-28(29,30)31)18-26(2,3)21-9-13-22(14-10-21)36-27(4,5)25(34)35/h6-16H,17-18H2,1-5H3,(H,34,35). The van der Waals surface area contributed by atoms with Gasteiger partial charge in [0, 0.05) is 24.7 Å². The number of hydrogen-bond donors (Lipinski definition) is 1. The Balaban J connectivity index is 1.82. The number of aliphatic carboxylic acids is 1. The summed E-state index contributed by atoms with van der Waals surface area (Å²) in [4.78, 5) is 18.0. The molecule has 0 atom stereocenters. The highest BCUT2D eigenvalue weighted by atomic mass is 19.4. The van der Waals surface area contributed by atoms with Gasteiger partial charge in [0.2, 0.25) is 0 Å². The number of carboxylic acids is 1. The second kappa shape index (κ2) is 10.7. The number of halogens is 3. The summed E-state index contributed by atoms with van der Waals surface area (Å²) in [5.41, 5.74) is 1.08. The lowest BCUT2D eigenvalue weighted by molar-refractivity contribution is -0.274. The summed E-state index contributed by atoms with van der Waals surface area (Å²) in [5.74, 6) is -0.149. The molecular weight excluding hydrogens is 485 g/mol. The molecule has 37 heavy (non-hydrogen) atoms. The molecule has 0 saturated heterocycles. The molecule has 0 spiro atoms. The fourth-order valence-electron chi connectivity index (χ4n) is 3.76. The third-order valence-electron chi connectivity index (χ3n) is 5.86. The van der Waals surface area contributed by atoms with Gasteiger partial charge in [-0.25, -0.2) is 9.78 Å². The molecule has 198 valence electrons. The number of anilines is 1. The van der Waals surface area contributed by atoms with E-state index in [9.17, 15) is 23.1 Å². The summed E-state index contributed by atoms with van der Waals surface area (Å²) in [6.07, 6.45) is -2.97. The highest BCUT2D eigenvalue weighted by Crippen LogP contribution is 2.30. The average molecular weight is 517 g/mol. The van der Waals surface area contributed by atoms with Gasteiger partial charge in [-0.15, -0.1) is 13.2 Å². The van der Waals surface area contributed by atoms with Crippen LogP contribution in [0.5, 0.6) is 11.5 Å². The number of benzene rings is 2. The summed E-state index contributed by atoms with van der Waals surface area (Å²) in [7, 11) is 0. The average Bonchev–Trinajstić information content (AvgIpc) is 2.79. The van der Waals surface area contributed by atoms with Crippen LogP contribution in [0.3, 0.4) is 0 Å². The van der Waals surface area contributed by atoms with E-state index in [0.29, 0.717) is 18.8 Å². The first kappa shape index (κ1) is 27.8. The van der Waals surface area contributed by atoms with Crippen molar-refractivity contribution in [2.75, 3.05) is 11.4 Å². The molecule has 0 aliphatic rings. The molecule has 3 aromatic rings. The van der Waals surface area contributed by atoms with Gasteiger partial charge in [-0.05, 0) is 67.8 Å². The van der Waals surface area contributed by atoms with Gasteiger partial charge in [-0.3, -0.25) is 0 Å². The van der Waals surface area contributed by atoms with Crippen LogP contribution in [0.4, 0.5) is 19.0 Å². The quantitative estimate of drug-likeness (QED) is 0.331. The zero-order valence-electron chi connectivity index (χ0n) is 21.5. The van der Waals surface area contributed by atoms with Crippen molar-refractivity contribution in [2.24, 2.45) is 0 Å². The van der Waals surface area contributed by atoms with E-state index in [1.807, 2.05) is 31.2 Å². The van der Waals surface area contributed by atoms with Crippen molar-refractivity contribution in [3.8, 4) is 11.5 Å². The molecule has 1 aromatic heterocycles. The van der Waals surface area contributed by atoms with Crippen LogP contribution in [0, 0.1) is 6.92 Å². The molecule has 6 nitrogen and oxygen atoms in total. The van der Waals surface area contributed by atoms with Crippen molar-refractivity contribution in [3.63, 3.8) is 0 Å². The number of aromatic nitrogens is 1. The molecule has 0 bridgehead atoms. The minimum absolute atomic E-state index is 0.273. The van der Waals surface area contributed by atoms with Crippen LogP contribution in [-0.2, 0) is 16.8 Å². The van der Waals surface area contributed by atoms with Gasteiger partial charge in [-0.2, -0.15) is 0 Å². The summed E-state index contributed by atoms with van der Waals surface area (Å²) < 4.78 is 47.2. The SMILES string of the molecule is Cc1ccc(N(Cc2ccc(OC(F)(F)F)cc2)CC(C)(C)c2ccc(OC(C)(C)C(=O)O)cc2)nc1. The predicted molar refractivity (Wildman–Crippen MR) is 135 cm³/mol. The summed E-state index contributed by atoms with van der Waals surface area (Å²) in [6, 6.07) is 17.0. The van der Waals surface area contributed by atoms with Crippen molar-refractivity contribution >= 4 is 11.8 Å². The summed E-state index contributed by atoms with van der Waals surface area (Å²) in [5, 5.41) is 9.30. The molecule has 9 heteroatoms. The van der Waals surface area contributed by atoms with Crippen molar-refractivity contribution in [3.05, 3.63) is 83.6 Å². The van der Waals surface area contributed by atoms with Crippen molar-refractivity contribution in [1.82, 2.24) is 4.98 Å². The molecule has 0 saturated carbocycles. The smallest absolute Gasteiger partial charge is 0.478 e. The predicted octanol–water partition coefficient (Wildman–Crippen LogP) is 6.52. The molecule has 0 unspecified atom stereocenters. The minimum Gasteiger partial charge on any atom is -0.478 e. The van der Waals surface area contributed by atoms with Gasteiger partial charge in [0.1, 0.15) is 17.3 Å². The number of ether oxygens (including phenoxy) is 2. The van der Waals surface area contributed by atoms with Crippen LogP contribution >= 0.6 is 0 Å². The Hall–Kier alpha value is -3.75. The fraction of sp³-hybridized carbons (Fsp3) is 0.357. The summed E-state index contributed by atoms with van der Waals surface area (Å²) >= 11 is 0. The molecule has 0 radical (unpaired) electrons. The second-order valence-electron chi connectivity index (χ2n) is 10.1. The Bertz CT molecular complexity index is 1190. The Morgan fingerprint density at radius 1 is 0.892 bits per heavy atom. The van der Waals surface area contributed by atoms with Crippen LogP contribution in [0.2, 0.25) is 0 Å². The van der Waals surface area contributed by atoms with E-state index in [2.05, 4.69) is 28.5 Å². The second-order valence-corrected chi connectivity index (χ2v) is 10.1. The van der Waals surface area contributed by atoms with Crippen molar-refractivity contribution in [1.29, 1.82) is 0 Å². The molecular formula is C28H31F3N2O4. The highest BCUT2D eigenvalue weighted by Gasteiger charge is 2.32. The Morgan fingerprint density at radius 2 is 1.46 bits per heavy atom. The van der Waals surface area contributed by atoms with E-state index >= 15 is 0 Å². The zero-order valence-corrected chi connectivity index (χ0v) is 21.5. The lowest BCUT2D eigenvalue weighted by atomic mass is 9.84. The van der Waals surface area contributed by atoms with Crippen LogP contribution in [-0.4, -0.2) is 34.6 Å². The normalized spacial score (nSPS) is 12.2. The lowest BCUT2D eigenvalue weighted by Gasteiger charge is -2.34. The molecule has 0 amide bonds. The molecule has 1 heterocycles.